The van der Waals surface area contributed by atoms with Gasteiger partial charge in [-0.15, -0.1) is 0 Å². The van der Waals surface area contributed by atoms with E-state index < -0.39 is 11.7 Å². The first-order chi connectivity index (χ1) is 14.9. The highest BCUT2D eigenvalue weighted by atomic mass is 19.4. The first-order valence-corrected chi connectivity index (χ1v) is 9.52. The number of aromatic nitrogens is 2. The zero-order chi connectivity index (χ0) is 21.8. The molecule has 0 aliphatic heterocycles. The summed E-state index contributed by atoms with van der Waals surface area (Å²) in [6.45, 7) is 0.303. The molecule has 8 heteroatoms. The summed E-state index contributed by atoms with van der Waals surface area (Å²) in [6, 6.07) is 15.5. The zero-order valence-electron chi connectivity index (χ0n) is 16.2. The van der Waals surface area contributed by atoms with Crippen LogP contribution in [0.15, 0.2) is 73.1 Å². The number of H-pyrrole nitrogens is 1. The number of alkyl halides is 3. The predicted molar refractivity (Wildman–Crippen MR) is 111 cm³/mol. The second kappa shape index (κ2) is 8.51. The molecule has 0 saturated carbocycles. The van der Waals surface area contributed by atoms with E-state index in [2.05, 4.69) is 15.3 Å². The second-order valence-electron chi connectivity index (χ2n) is 6.87. The number of nitrogens with one attached hydrogen (secondary N) is 2. The van der Waals surface area contributed by atoms with Crippen molar-refractivity contribution in [1.29, 1.82) is 0 Å². The van der Waals surface area contributed by atoms with Crippen LogP contribution in [0.3, 0.4) is 0 Å². The Morgan fingerprint density at radius 3 is 2.58 bits per heavy atom. The fourth-order valence-electron chi connectivity index (χ4n) is 3.12. The van der Waals surface area contributed by atoms with E-state index in [4.69, 9.17) is 4.74 Å². The number of amides is 1. The van der Waals surface area contributed by atoms with Crippen molar-refractivity contribution in [2.45, 2.75) is 12.6 Å². The monoisotopic (exact) mass is 425 g/mol. The van der Waals surface area contributed by atoms with E-state index in [1.807, 2.05) is 6.07 Å². The number of benzene rings is 2. The fraction of sp³-hybridized carbons (Fsp3) is 0.130. The highest BCUT2D eigenvalue weighted by Gasteiger charge is 2.29. The van der Waals surface area contributed by atoms with Crippen molar-refractivity contribution in [1.82, 2.24) is 9.97 Å². The second-order valence-corrected chi connectivity index (χ2v) is 6.87. The lowest BCUT2D eigenvalue weighted by Gasteiger charge is -2.09. The molecule has 0 aliphatic carbocycles. The molecule has 2 N–H and O–H groups in total. The van der Waals surface area contributed by atoms with Crippen molar-refractivity contribution in [3.63, 3.8) is 0 Å². The smallest absolute Gasteiger partial charge is 0.416 e. The molecule has 0 atom stereocenters. The van der Waals surface area contributed by atoms with Gasteiger partial charge in [-0.3, -0.25) is 9.78 Å². The molecular weight excluding hydrogens is 407 g/mol. The highest BCUT2D eigenvalue weighted by Crippen LogP contribution is 2.30. The van der Waals surface area contributed by atoms with E-state index in [9.17, 15) is 18.0 Å². The third-order valence-corrected chi connectivity index (χ3v) is 4.74. The summed E-state index contributed by atoms with van der Waals surface area (Å²) in [6.07, 6.45) is -0.637. The van der Waals surface area contributed by atoms with Gasteiger partial charge in [0.2, 0.25) is 0 Å². The summed E-state index contributed by atoms with van der Waals surface area (Å²) >= 11 is 0. The van der Waals surface area contributed by atoms with E-state index in [-0.39, 0.29) is 5.91 Å². The van der Waals surface area contributed by atoms with Crippen LogP contribution in [0, 0.1) is 0 Å². The van der Waals surface area contributed by atoms with Crippen molar-refractivity contribution in [3.05, 3.63) is 89.9 Å². The molecule has 4 rings (SSSR count). The Hall–Kier alpha value is -3.81. The molecule has 0 saturated heterocycles. The lowest BCUT2D eigenvalue weighted by molar-refractivity contribution is -0.137. The number of nitrogens with zero attached hydrogens (tertiary/aromatic N) is 1. The van der Waals surface area contributed by atoms with Crippen molar-refractivity contribution < 1.29 is 22.7 Å². The average molecular weight is 425 g/mol. The van der Waals surface area contributed by atoms with Crippen LogP contribution < -0.4 is 10.1 Å². The Morgan fingerprint density at radius 1 is 1.06 bits per heavy atom. The van der Waals surface area contributed by atoms with Gasteiger partial charge in [-0.1, -0.05) is 18.2 Å². The predicted octanol–water partition coefficient (Wildman–Crippen LogP) is 5.46. The molecule has 31 heavy (non-hydrogen) atoms. The quantitative estimate of drug-likeness (QED) is 0.431. The molecule has 0 bridgehead atoms. The van der Waals surface area contributed by atoms with Crippen LogP contribution in [-0.2, 0) is 12.6 Å². The number of hydrogen-bond donors (Lipinski definition) is 2. The summed E-state index contributed by atoms with van der Waals surface area (Å²) < 4.78 is 43.7. The standard InChI is InChI=1S/C23H18F3N3O2/c24-23(25,26)16-6-4-15(5-7-16)10-12-31-17-8-9-19-18(13-17)21(14-28-19)29-22(30)20-3-1-2-11-27-20/h1-9,11,13-14,28H,10,12H2,(H,29,30). The SMILES string of the molecule is O=C(Nc1c[nH]c2ccc(OCCc3ccc(C(F)(F)F)cc3)cc12)c1ccccn1. The summed E-state index contributed by atoms with van der Waals surface area (Å²) in [5.41, 5.74) is 1.81. The molecule has 0 radical (unpaired) electrons. The number of ether oxygens (including phenoxy) is 1. The third kappa shape index (κ3) is 4.85. The zero-order valence-corrected chi connectivity index (χ0v) is 16.2. The number of rotatable bonds is 6. The summed E-state index contributed by atoms with van der Waals surface area (Å²) in [5, 5.41) is 3.60. The highest BCUT2D eigenvalue weighted by molar-refractivity contribution is 6.08. The summed E-state index contributed by atoms with van der Waals surface area (Å²) in [7, 11) is 0. The molecule has 158 valence electrons. The van der Waals surface area contributed by atoms with Crippen LogP contribution in [0.25, 0.3) is 10.9 Å². The van der Waals surface area contributed by atoms with Gasteiger partial charge in [0.15, 0.2) is 0 Å². The number of fused-ring (bicyclic) bond motifs is 1. The van der Waals surface area contributed by atoms with Crippen molar-refractivity contribution in [2.75, 3.05) is 11.9 Å². The van der Waals surface area contributed by atoms with Crippen LogP contribution in [0.4, 0.5) is 18.9 Å². The van der Waals surface area contributed by atoms with E-state index >= 15 is 0 Å². The van der Waals surface area contributed by atoms with Crippen LogP contribution in [0.2, 0.25) is 0 Å². The fourth-order valence-corrected chi connectivity index (χ4v) is 3.12. The van der Waals surface area contributed by atoms with Gasteiger partial charge >= 0.3 is 6.18 Å². The van der Waals surface area contributed by atoms with Gasteiger partial charge in [0.1, 0.15) is 11.4 Å². The van der Waals surface area contributed by atoms with Crippen molar-refractivity contribution >= 4 is 22.5 Å². The minimum absolute atomic E-state index is 0.303. The van der Waals surface area contributed by atoms with Gasteiger partial charge < -0.3 is 15.0 Å². The molecule has 0 spiro atoms. The number of halogens is 3. The van der Waals surface area contributed by atoms with E-state index in [0.717, 1.165) is 28.6 Å². The summed E-state index contributed by atoms with van der Waals surface area (Å²) in [4.78, 5) is 19.5. The van der Waals surface area contributed by atoms with Gasteiger partial charge in [-0.2, -0.15) is 13.2 Å². The van der Waals surface area contributed by atoms with Crippen LogP contribution in [0.1, 0.15) is 21.6 Å². The molecule has 2 aromatic carbocycles. The van der Waals surface area contributed by atoms with Crippen LogP contribution >= 0.6 is 0 Å². The molecule has 4 aromatic rings. The Bertz CT molecular complexity index is 1190. The first kappa shape index (κ1) is 20.5. The Labute approximate surface area is 175 Å². The number of carbonyl (C=O) groups excluding carboxylic acids is 1. The van der Waals surface area contributed by atoms with Gasteiger partial charge in [-0.05, 0) is 48.0 Å². The van der Waals surface area contributed by atoms with Gasteiger partial charge in [0, 0.05) is 29.7 Å². The number of carbonyl (C=O) groups is 1. The Morgan fingerprint density at radius 2 is 1.87 bits per heavy atom. The largest absolute Gasteiger partial charge is 0.493 e. The maximum Gasteiger partial charge on any atom is 0.416 e. The minimum atomic E-state index is -4.34. The summed E-state index contributed by atoms with van der Waals surface area (Å²) in [5.74, 6) is 0.266. The maximum absolute atomic E-state index is 12.6. The normalized spacial score (nSPS) is 11.5. The van der Waals surface area contributed by atoms with E-state index in [1.54, 1.807) is 42.7 Å². The Kier molecular flexibility index (Phi) is 5.62. The molecule has 0 aliphatic rings. The lowest BCUT2D eigenvalue weighted by Crippen LogP contribution is -2.12. The van der Waals surface area contributed by atoms with Gasteiger partial charge in [-0.25, -0.2) is 0 Å². The first-order valence-electron chi connectivity index (χ1n) is 9.52. The lowest BCUT2D eigenvalue weighted by atomic mass is 10.1. The molecule has 5 nitrogen and oxygen atoms in total. The Balaban J connectivity index is 1.41. The average Bonchev–Trinajstić information content (AvgIpc) is 3.16. The number of anilines is 1. The van der Waals surface area contributed by atoms with E-state index in [0.29, 0.717) is 30.2 Å². The molecule has 2 aromatic heterocycles. The number of hydrogen-bond acceptors (Lipinski definition) is 3. The number of aromatic amines is 1. The molecular formula is C23H18F3N3O2. The van der Waals surface area contributed by atoms with E-state index in [1.165, 1.54) is 12.1 Å². The third-order valence-electron chi connectivity index (χ3n) is 4.74. The van der Waals surface area contributed by atoms with Gasteiger partial charge in [0.25, 0.3) is 5.91 Å². The molecule has 0 unspecified atom stereocenters. The van der Waals surface area contributed by atoms with Crippen molar-refractivity contribution in [3.8, 4) is 5.75 Å². The van der Waals surface area contributed by atoms with Gasteiger partial charge in [0.05, 0.1) is 17.9 Å². The molecule has 2 heterocycles. The van der Waals surface area contributed by atoms with Crippen LogP contribution in [-0.4, -0.2) is 22.5 Å². The minimum Gasteiger partial charge on any atom is -0.493 e. The maximum atomic E-state index is 12.6. The molecule has 1 amide bonds. The topological polar surface area (TPSA) is 67.0 Å². The molecule has 0 fully saturated rings. The van der Waals surface area contributed by atoms with Crippen LogP contribution in [0.5, 0.6) is 5.75 Å². The van der Waals surface area contributed by atoms with Crippen molar-refractivity contribution in [2.24, 2.45) is 0 Å². The number of pyridine rings is 1.